The van der Waals surface area contributed by atoms with Gasteiger partial charge in [0.1, 0.15) is 0 Å². The van der Waals surface area contributed by atoms with E-state index < -0.39 is 0 Å². The van der Waals surface area contributed by atoms with Crippen LogP contribution in [0.1, 0.15) is 44.4 Å². The molecule has 3 nitrogen and oxygen atoms in total. The molecule has 0 fully saturated rings. The summed E-state index contributed by atoms with van der Waals surface area (Å²) >= 11 is 0. The number of nitrogens with one attached hydrogen (secondary N) is 1. The number of hydrogen-bond donors (Lipinski definition) is 1. The summed E-state index contributed by atoms with van der Waals surface area (Å²) in [5, 5.41) is 3.58. The molecule has 0 amide bonds. The molecule has 114 valence electrons. The number of ether oxygens (including phenoxy) is 2. The number of aryl methyl sites for hydroxylation is 1. The van der Waals surface area contributed by atoms with Gasteiger partial charge in [0.2, 0.25) is 0 Å². The second-order valence-electron chi connectivity index (χ2n) is 5.10. The fourth-order valence-corrected chi connectivity index (χ4v) is 2.23. The maximum absolute atomic E-state index is 5.87. The highest BCUT2D eigenvalue weighted by molar-refractivity contribution is 5.25. The van der Waals surface area contributed by atoms with Gasteiger partial charge in [-0.1, -0.05) is 38.1 Å². The summed E-state index contributed by atoms with van der Waals surface area (Å²) in [5.74, 6) is 0. The first-order chi connectivity index (χ1) is 9.72. The zero-order chi connectivity index (χ0) is 14.8. The SMILES string of the molecule is CCCNC(c1ccc(CC)cc1)C(C)OCCOC. The van der Waals surface area contributed by atoms with Crippen molar-refractivity contribution in [3.05, 3.63) is 35.4 Å². The molecule has 0 bridgehead atoms. The molecule has 0 aromatic heterocycles. The zero-order valence-electron chi connectivity index (χ0n) is 13.3. The Kier molecular flexibility index (Phi) is 8.51. The van der Waals surface area contributed by atoms with Crippen LogP contribution in [0.15, 0.2) is 24.3 Å². The molecule has 0 heterocycles. The van der Waals surface area contributed by atoms with Crippen molar-refractivity contribution >= 4 is 0 Å². The Bertz CT molecular complexity index is 351. The predicted octanol–water partition coefficient (Wildman–Crippen LogP) is 3.34. The number of rotatable bonds is 10. The van der Waals surface area contributed by atoms with Gasteiger partial charge >= 0.3 is 0 Å². The number of benzene rings is 1. The van der Waals surface area contributed by atoms with Gasteiger partial charge < -0.3 is 14.8 Å². The van der Waals surface area contributed by atoms with Gasteiger partial charge in [0.25, 0.3) is 0 Å². The average molecular weight is 279 g/mol. The molecule has 0 saturated heterocycles. The summed E-state index contributed by atoms with van der Waals surface area (Å²) < 4.78 is 10.9. The predicted molar refractivity (Wildman–Crippen MR) is 84.1 cm³/mol. The fraction of sp³-hybridized carbons (Fsp3) is 0.647. The first-order valence-electron chi connectivity index (χ1n) is 7.65. The maximum atomic E-state index is 5.87. The topological polar surface area (TPSA) is 30.5 Å². The highest BCUT2D eigenvalue weighted by Crippen LogP contribution is 2.20. The van der Waals surface area contributed by atoms with E-state index in [0.29, 0.717) is 13.2 Å². The minimum absolute atomic E-state index is 0.129. The van der Waals surface area contributed by atoms with E-state index in [-0.39, 0.29) is 12.1 Å². The van der Waals surface area contributed by atoms with Crippen molar-refractivity contribution < 1.29 is 9.47 Å². The number of hydrogen-bond acceptors (Lipinski definition) is 3. The molecule has 0 aliphatic heterocycles. The highest BCUT2D eigenvalue weighted by atomic mass is 16.5. The summed E-state index contributed by atoms with van der Waals surface area (Å²) in [6, 6.07) is 9.07. The first kappa shape index (κ1) is 17.2. The Morgan fingerprint density at radius 3 is 2.35 bits per heavy atom. The Morgan fingerprint density at radius 1 is 1.10 bits per heavy atom. The van der Waals surface area contributed by atoms with Gasteiger partial charge in [0, 0.05) is 7.11 Å². The lowest BCUT2D eigenvalue weighted by Crippen LogP contribution is -2.33. The summed E-state index contributed by atoms with van der Waals surface area (Å²) in [6.45, 7) is 8.75. The lowest BCUT2D eigenvalue weighted by Gasteiger charge is -2.26. The number of methoxy groups -OCH3 is 1. The van der Waals surface area contributed by atoms with Gasteiger partial charge in [0.05, 0.1) is 25.4 Å². The minimum atomic E-state index is 0.129. The molecule has 2 atom stereocenters. The summed E-state index contributed by atoms with van der Waals surface area (Å²) in [6.07, 6.45) is 2.32. The largest absolute Gasteiger partial charge is 0.382 e. The molecular weight excluding hydrogens is 250 g/mol. The monoisotopic (exact) mass is 279 g/mol. The smallest absolute Gasteiger partial charge is 0.0742 e. The van der Waals surface area contributed by atoms with Crippen molar-refractivity contribution in [2.45, 2.75) is 45.8 Å². The molecule has 20 heavy (non-hydrogen) atoms. The van der Waals surface area contributed by atoms with Gasteiger partial charge in [-0.3, -0.25) is 0 Å². The molecule has 3 heteroatoms. The van der Waals surface area contributed by atoms with E-state index in [1.165, 1.54) is 11.1 Å². The lowest BCUT2D eigenvalue weighted by atomic mass is 10.00. The van der Waals surface area contributed by atoms with Crippen molar-refractivity contribution in [3.63, 3.8) is 0 Å². The van der Waals surface area contributed by atoms with Gasteiger partial charge in [-0.2, -0.15) is 0 Å². The van der Waals surface area contributed by atoms with E-state index in [1.54, 1.807) is 7.11 Å². The van der Waals surface area contributed by atoms with Crippen molar-refractivity contribution in [1.29, 1.82) is 0 Å². The minimum Gasteiger partial charge on any atom is -0.382 e. The van der Waals surface area contributed by atoms with Crippen LogP contribution in [0.25, 0.3) is 0 Å². The quantitative estimate of drug-likeness (QED) is 0.666. The van der Waals surface area contributed by atoms with Gasteiger partial charge in [0.15, 0.2) is 0 Å². The molecule has 0 saturated carbocycles. The summed E-state index contributed by atoms with van der Waals surface area (Å²) in [5.41, 5.74) is 2.66. The van der Waals surface area contributed by atoms with Gasteiger partial charge in [-0.05, 0) is 37.4 Å². The molecule has 0 spiro atoms. The third-order valence-corrected chi connectivity index (χ3v) is 3.50. The molecule has 1 rings (SSSR count). The third kappa shape index (κ3) is 5.61. The summed E-state index contributed by atoms with van der Waals surface area (Å²) in [4.78, 5) is 0. The van der Waals surface area contributed by atoms with Crippen LogP contribution in [0.4, 0.5) is 0 Å². The van der Waals surface area contributed by atoms with E-state index in [4.69, 9.17) is 9.47 Å². The Labute approximate surface area is 123 Å². The Morgan fingerprint density at radius 2 is 1.80 bits per heavy atom. The Balaban J connectivity index is 2.70. The molecule has 0 aliphatic carbocycles. The zero-order valence-corrected chi connectivity index (χ0v) is 13.3. The normalized spacial score (nSPS) is 14.2. The Hall–Kier alpha value is -0.900. The highest BCUT2D eigenvalue weighted by Gasteiger charge is 2.19. The van der Waals surface area contributed by atoms with Gasteiger partial charge in [-0.25, -0.2) is 0 Å². The molecular formula is C17H29NO2. The maximum Gasteiger partial charge on any atom is 0.0742 e. The van der Waals surface area contributed by atoms with Crippen LogP contribution in [-0.4, -0.2) is 33.0 Å². The van der Waals surface area contributed by atoms with E-state index in [1.807, 2.05) is 0 Å². The van der Waals surface area contributed by atoms with Crippen LogP contribution >= 0.6 is 0 Å². The second-order valence-corrected chi connectivity index (χ2v) is 5.10. The van der Waals surface area contributed by atoms with E-state index in [0.717, 1.165) is 19.4 Å². The van der Waals surface area contributed by atoms with Gasteiger partial charge in [-0.15, -0.1) is 0 Å². The second kappa shape index (κ2) is 9.92. The molecule has 1 aromatic rings. The summed E-state index contributed by atoms with van der Waals surface area (Å²) in [7, 11) is 1.70. The van der Waals surface area contributed by atoms with Crippen molar-refractivity contribution in [1.82, 2.24) is 5.32 Å². The first-order valence-corrected chi connectivity index (χ1v) is 7.65. The fourth-order valence-electron chi connectivity index (χ4n) is 2.23. The van der Waals surface area contributed by atoms with Crippen molar-refractivity contribution in [2.75, 3.05) is 26.9 Å². The van der Waals surface area contributed by atoms with Crippen LogP contribution in [0.2, 0.25) is 0 Å². The van der Waals surface area contributed by atoms with Crippen LogP contribution in [0.5, 0.6) is 0 Å². The van der Waals surface area contributed by atoms with E-state index >= 15 is 0 Å². The standard InChI is InChI=1S/C17H29NO2/c1-5-11-18-17(14(3)20-13-12-19-4)16-9-7-15(6-2)8-10-16/h7-10,14,17-18H,5-6,11-13H2,1-4H3. The van der Waals surface area contributed by atoms with Crippen molar-refractivity contribution in [2.24, 2.45) is 0 Å². The third-order valence-electron chi connectivity index (χ3n) is 3.50. The molecule has 2 unspecified atom stereocenters. The van der Waals surface area contributed by atoms with Crippen LogP contribution in [0.3, 0.4) is 0 Å². The lowest BCUT2D eigenvalue weighted by molar-refractivity contribution is 0.00730. The molecule has 1 aromatic carbocycles. The molecule has 0 radical (unpaired) electrons. The molecule has 1 N–H and O–H groups in total. The average Bonchev–Trinajstić information content (AvgIpc) is 2.48. The molecule has 0 aliphatic rings. The van der Waals surface area contributed by atoms with E-state index in [2.05, 4.69) is 50.4 Å². The van der Waals surface area contributed by atoms with Crippen LogP contribution < -0.4 is 5.32 Å². The van der Waals surface area contributed by atoms with E-state index in [9.17, 15) is 0 Å². The van der Waals surface area contributed by atoms with Crippen molar-refractivity contribution in [3.8, 4) is 0 Å². The van der Waals surface area contributed by atoms with Crippen LogP contribution in [0, 0.1) is 0 Å². The van der Waals surface area contributed by atoms with Crippen LogP contribution in [-0.2, 0) is 15.9 Å².